The Kier molecular flexibility index (Phi) is 3.35. The van der Waals surface area contributed by atoms with Crippen molar-refractivity contribution in [2.75, 3.05) is 10.5 Å². The number of nitrogens with zero attached hydrogens (tertiary/aromatic N) is 2. The van der Waals surface area contributed by atoms with Crippen LogP contribution < -0.4 is 10.5 Å². The van der Waals surface area contributed by atoms with Crippen molar-refractivity contribution in [3.8, 4) is 0 Å². The summed E-state index contributed by atoms with van der Waals surface area (Å²) in [5.41, 5.74) is 5.41. The van der Waals surface area contributed by atoms with Gasteiger partial charge in [0.1, 0.15) is 16.5 Å². The molecule has 2 rings (SSSR count). The van der Waals surface area contributed by atoms with E-state index in [1.807, 2.05) is 0 Å². The molecule has 0 atom stereocenters. The van der Waals surface area contributed by atoms with E-state index in [-0.39, 0.29) is 21.6 Å². The van der Waals surface area contributed by atoms with Crippen molar-refractivity contribution in [1.82, 2.24) is 9.97 Å². The summed E-state index contributed by atoms with van der Waals surface area (Å²) in [4.78, 5) is 7.48. The number of rotatable bonds is 3. The topological polar surface area (TPSA) is 98.0 Å². The number of aromatic nitrogens is 2. The highest BCUT2D eigenvalue weighted by molar-refractivity contribution is 7.92. The summed E-state index contributed by atoms with van der Waals surface area (Å²) < 4.78 is 26.3. The van der Waals surface area contributed by atoms with Gasteiger partial charge in [0.25, 0.3) is 10.0 Å². The number of anilines is 2. The van der Waals surface area contributed by atoms with Crippen molar-refractivity contribution < 1.29 is 8.42 Å². The van der Waals surface area contributed by atoms with Crippen LogP contribution in [-0.2, 0) is 10.0 Å². The SMILES string of the molecule is Nc1ncc(S(=O)(=O)Nc2ccccn2)cc1Cl. The zero-order chi connectivity index (χ0) is 13.2. The van der Waals surface area contributed by atoms with Crippen LogP contribution in [0, 0.1) is 0 Å². The molecule has 0 radical (unpaired) electrons. The molecule has 0 saturated heterocycles. The molecule has 0 aliphatic heterocycles. The Bertz CT molecular complexity index is 661. The first-order chi connectivity index (χ1) is 8.49. The van der Waals surface area contributed by atoms with E-state index in [9.17, 15) is 8.42 Å². The molecule has 18 heavy (non-hydrogen) atoms. The molecule has 0 fully saturated rings. The van der Waals surface area contributed by atoms with Crippen LogP contribution in [0.3, 0.4) is 0 Å². The normalized spacial score (nSPS) is 11.2. The zero-order valence-electron chi connectivity index (χ0n) is 9.04. The fraction of sp³-hybridized carbons (Fsp3) is 0. The van der Waals surface area contributed by atoms with Gasteiger partial charge in [0, 0.05) is 12.4 Å². The Morgan fingerprint density at radius 3 is 2.67 bits per heavy atom. The van der Waals surface area contributed by atoms with Gasteiger partial charge in [-0.1, -0.05) is 17.7 Å². The third-order valence-electron chi connectivity index (χ3n) is 2.06. The minimum atomic E-state index is -3.77. The minimum Gasteiger partial charge on any atom is -0.382 e. The average Bonchev–Trinajstić information content (AvgIpc) is 2.33. The van der Waals surface area contributed by atoms with Crippen LogP contribution in [0.5, 0.6) is 0 Å². The Morgan fingerprint density at radius 2 is 2.06 bits per heavy atom. The van der Waals surface area contributed by atoms with Crippen molar-refractivity contribution in [2.45, 2.75) is 4.90 Å². The summed E-state index contributed by atoms with van der Waals surface area (Å²) in [7, 11) is -3.77. The maximum Gasteiger partial charge on any atom is 0.264 e. The first-order valence-corrected chi connectivity index (χ1v) is 6.70. The fourth-order valence-electron chi connectivity index (χ4n) is 1.20. The summed E-state index contributed by atoms with van der Waals surface area (Å²) in [6.45, 7) is 0. The van der Waals surface area contributed by atoms with Crippen LogP contribution >= 0.6 is 11.6 Å². The Morgan fingerprint density at radius 1 is 1.28 bits per heavy atom. The van der Waals surface area contributed by atoms with Gasteiger partial charge in [0.15, 0.2) is 0 Å². The van der Waals surface area contributed by atoms with E-state index in [1.165, 1.54) is 18.3 Å². The van der Waals surface area contributed by atoms with Gasteiger partial charge in [0.2, 0.25) is 0 Å². The molecule has 0 bridgehead atoms. The van der Waals surface area contributed by atoms with Crippen LogP contribution in [0.2, 0.25) is 5.02 Å². The van der Waals surface area contributed by atoms with Gasteiger partial charge in [-0.25, -0.2) is 18.4 Å². The second-order valence-electron chi connectivity index (χ2n) is 3.36. The van der Waals surface area contributed by atoms with Crippen molar-refractivity contribution in [3.63, 3.8) is 0 Å². The van der Waals surface area contributed by atoms with E-state index in [0.717, 1.165) is 6.20 Å². The average molecular weight is 285 g/mol. The number of hydrogen-bond donors (Lipinski definition) is 2. The van der Waals surface area contributed by atoms with Gasteiger partial charge in [-0.3, -0.25) is 4.72 Å². The van der Waals surface area contributed by atoms with Gasteiger partial charge in [0.05, 0.1) is 5.02 Å². The first-order valence-electron chi connectivity index (χ1n) is 4.84. The number of pyridine rings is 2. The highest BCUT2D eigenvalue weighted by Crippen LogP contribution is 2.21. The quantitative estimate of drug-likeness (QED) is 0.890. The molecule has 6 nitrogen and oxygen atoms in total. The molecule has 0 aliphatic rings. The summed E-state index contributed by atoms with van der Waals surface area (Å²) >= 11 is 5.73. The molecule has 94 valence electrons. The Balaban J connectivity index is 2.34. The number of hydrogen-bond acceptors (Lipinski definition) is 5. The van der Waals surface area contributed by atoms with Crippen molar-refractivity contribution >= 4 is 33.3 Å². The molecule has 0 unspecified atom stereocenters. The highest BCUT2D eigenvalue weighted by Gasteiger charge is 2.16. The van der Waals surface area contributed by atoms with Crippen LogP contribution in [0.15, 0.2) is 41.6 Å². The molecule has 0 aromatic carbocycles. The van der Waals surface area contributed by atoms with Crippen LogP contribution in [-0.4, -0.2) is 18.4 Å². The van der Waals surface area contributed by atoms with Gasteiger partial charge in [-0.15, -0.1) is 0 Å². The first kappa shape index (κ1) is 12.6. The lowest BCUT2D eigenvalue weighted by Crippen LogP contribution is -2.14. The number of nitrogen functional groups attached to an aromatic ring is 1. The van der Waals surface area contributed by atoms with Crippen molar-refractivity contribution in [1.29, 1.82) is 0 Å². The molecule has 0 spiro atoms. The number of halogens is 1. The van der Waals surface area contributed by atoms with E-state index in [4.69, 9.17) is 17.3 Å². The monoisotopic (exact) mass is 284 g/mol. The molecule has 3 N–H and O–H groups in total. The number of nitrogens with one attached hydrogen (secondary N) is 1. The van der Waals surface area contributed by atoms with Crippen molar-refractivity contribution in [3.05, 3.63) is 41.7 Å². The Labute approximate surface area is 109 Å². The van der Waals surface area contributed by atoms with Gasteiger partial charge < -0.3 is 5.73 Å². The predicted molar refractivity (Wildman–Crippen MR) is 68.7 cm³/mol. The van der Waals surface area contributed by atoms with E-state index >= 15 is 0 Å². The summed E-state index contributed by atoms with van der Waals surface area (Å²) in [6.07, 6.45) is 2.61. The fourth-order valence-corrected chi connectivity index (χ4v) is 2.41. The van der Waals surface area contributed by atoms with E-state index < -0.39 is 10.0 Å². The molecular formula is C10H9ClN4O2S. The van der Waals surface area contributed by atoms with Crippen molar-refractivity contribution in [2.24, 2.45) is 0 Å². The van der Waals surface area contributed by atoms with Crippen LogP contribution in [0.25, 0.3) is 0 Å². The molecule has 2 heterocycles. The third kappa shape index (κ3) is 2.69. The molecule has 2 aromatic heterocycles. The summed E-state index contributed by atoms with van der Waals surface area (Å²) in [5, 5.41) is 0.0823. The molecule has 0 amide bonds. The van der Waals surface area contributed by atoms with Crippen LogP contribution in [0.1, 0.15) is 0 Å². The van der Waals surface area contributed by atoms with Gasteiger partial charge >= 0.3 is 0 Å². The van der Waals surface area contributed by atoms with Crippen LogP contribution in [0.4, 0.5) is 11.6 Å². The van der Waals surface area contributed by atoms with Gasteiger partial charge in [-0.2, -0.15) is 0 Å². The third-order valence-corrected chi connectivity index (χ3v) is 3.68. The maximum absolute atomic E-state index is 12.0. The van der Waals surface area contributed by atoms with E-state index in [2.05, 4.69) is 14.7 Å². The molecule has 0 aliphatic carbocycles. The second-order valence-corrected chi connectivity index (χ2v) is 5.45. The van der Waals surface area contributed by atoms with Gasteiger partial charge in [-0.05, 0) is 18.2 Å². The lowest BCUT2D eigenvalue weighted by molar-refractivity contribution is 0.600. The summed E-state index contributed by atoms with van der Waals surface area (Å²) in [5.74, 6) is 0.291. The molecular weight excluding hydrogens is 276 g/mol. The molecule has 2 aromatic rings. The van der Waals surface area contributed by atoms with E-state index in [0.29, 0.717) is 0 Å². The van der Waals surface area contributed by atoms with E-state index in [1.54, 1.807) is 12.1 Å². The Hall–Kier alpha value is -1.86. The lowest BCUT2D eigenvalue weighted by Gasteiger charge is -2.07. The number of sulfonamides is 1. The standard InChI is InChI=1S/C10H9ClN4O2S/c11-8-5-7(6-14-10(8)12)18(16,17)15-9-3-1-2-4-13-9/h1-6H,(H2,12,14)(H,13,15). The second kappa shape index (κ2) is 4.79. The molecule has 0 saturated carbocycles. The maximum atomic E-state index is 12.0. The highest BCUT2D eigenvalue weighted by atomic mass is 35.5. The zero-order valence-corrected chi connectivity index (χ0v) is 10.6. The smallest absolute Gasteiger partial charge is 0.264 e. The predicted octanol–water partition coefficient (Wildman–Crippen LogP) is 1.51. The largest absolute Gasteiger partial charge is 0.382 e. The minimum absolute atomic E-state index is 0.0765. The lowest BCUT2D eigenvalue weighted by atomic mass is 10.5. The number of nitrogens with two attached hydrogens (primary N) is 1. The summed E-state index contributed by atoms with van der Waals surface area (Å²) in [6, 6.07) is 6.11. The molecule has 8 heteroatoms.